The maximum Gasteiger partial charge on any atom is 0.273 e. The van der Waals surface area contributed by atoms with Crippen LogP contribution in [-0.4, -0.2) is 81.3 Å². The fourth-order valence-electron chi connectivity index (χ4n) is 5.10. The number of carbonyl (C=O) groups excluding carboxylic acids is 2. The smallest absolute Gasteiger partial charge is 0.273 e. The lowest BCUT2D eigenvalue weighted by Gasteiger charge is -2.25. The number of nitrogens with one attached hydrogen (secondary N) is 2. The number of likely N-dealkylation sites (N-methyl/N-ethyl adjacent to an activating group) is 2. The first-order chi connectivity index (χ1) is 21.8. The van der Waals surface area contributed by atoms with Crippen molar-refractivity contribution in [2.75, 3.05) is 63.6 Å². The van der Waals surface area contributed by atoms with Crippen molar-refractivity contribution in [3.63, 3.8) is 0 Å². The molecule has 0 fully saturated rings. The van der Waals surface area contributed by atoms with Crippen molar-refractivity contribution in [3.8, 4) is 5.75 Å². The van der Waals surface area contributed by atoms with Gasteiger partial charge in [-0.25, -0.2) is 5.43 Å². The Morgan fingerprint density at radius 2 is 1.56 bits per heavy atom. The van der Waals surface area contributed by atoms with Crippen molar-refractivity contribution in [1.29, 1.82) is 0 Å². The van der Waals surface area contributed by atoms with Gasteiger partial charge in [0.15, 0.2) is 0 Å². The molecule has 3 rings (SSSR count). The second-order valence-corrected chi connectivity index (χ2v) is 11.1. The van der Waals surface area contributed by atoms with Gasteiger partial charge in [0.1, 0.15) is 5.75 Å². The summed E-state index contributed by atoms with van der Waals surface area (Å²) in [6.45, 7) is 15.1. The van der Waals surface area contributed by atoms with Gasteiger partial charge in [-0.2, -0.15) is 5.10 Å². The zero-order valence-corrected chi connectivity index (χ0v) is 27.8. The van der Waals surface area contributed by atoms with E-state index < -0.39 is 5.91 Å². The minimum absolute atomic E-state index is 0.273. The molecule has 9 heteroatoms. The van der Waals surface area contributed by atoms with Gasteiger partial charge in [0.05, 0.1) is 24.6 Å². The maximum absolute atomic E-state index is 13.5. The molecule has 0 bridgehead atoms. The Labute approximate surface area is 269 Å². The van der Waals surface area contributed by atoms with Gasteiger partial charge in [-0.15, -0.1) is 0 Å². The van der Waals surface area contributed by atoms with Crippen LogP contribution in [0.15, 0.2) is 71.8 Å². The zero-order valence-electron chi connectivity index (χ0n) is 27.8. The van der Waals surface area contributed by atoms with Gasteiger partial charge in [0.25, 0.3) is 11.8 Å². The normalized spacial score (nSPS) is 11.3. The Morgan fingerprint density at radius 3 is 2.20 bits per heavy atom. The van der Waals surface area contributed by atoms with Crippen LogP contribution in [-0.2, 0) is 6.54 Å². The number of methoxy groups -OCH3 is 1. The summed E-state index contributed by atoms with van der Waals surface area (Å²) < 4.78 is 5.20. The van der Waals surface area contributed by atoms with Crippen LogP contribution in [0.4, 0.5) is 11.4 Å². The summed E-state index contributed by atoms with van der Waals surface area (Å²) in [4.78, 5) is 33.9. The van der Waals surface area contributed by atoms with Crippen LogP contribution >= 0.6 is 0 Å². The average Bonchev–Trinajstić information content (AvgIpc) is 3.05. The molecule has 2 N–H and O–H groups in total. The number of ether oxygens (including phenoxy) is 1. The summed E-state index contributed by atoms with van der Waals surface area (Å²) >= 11 is 0. The first-order valence-corrected chi connectivity index (χ1v) is 16.0. The number of nitrogens with zero attached hydrogens (tertiary/aromatic N) is 4. The van der Waals surface area contributed by atoms with Crippen molar-refractivity contribution >= 4 is 29.4 Å². The lowest BCUT2D eigenvalue weighted by Crippen LogP contribution is -2.32. The summed E-state index contributed by atoms with van der Waals surface area (Å²) in [5, 5.41) is 7.17. The molecule has 9 nitrogen and oxygen atoms in total. The summed E-state index contributed by atoms with van der Waals surface area (Å²) in [6.07, 6.45) is 3.53. The number of hydrogen-bond acceptors (Lipinski definition) is 7. The molecule has 0 saturated heterocycles. The Kier molecular flexibility index (Phi) is 14.6. The van der Waals surface area contributed by atoms with E-state index in [-0.39, 0.29) is 5.91 Å². The molecule has 0 unspecified atom stereocenters. The van der Waals surface area contributed by atoms with E-state index in [4.69, 9.17) is 4.74 Å². The number of carbonyl (C=O) groups is 2. The van der Waals surface area contributed by atoms with Crippen molar-refractivity contribution < 1.29 is 14.3 Å². The molecule has 0 aliphatic carbocycles. The monoisotopic (exact) mass is 614 g/mol. The highest BCUT2D eigenvalue weighted by molar-refractivity contribution is 6.09. The predicted octanol–water partition coefficient (Wildman–Crippen LogP) is 6.11. The van der Waals surface area contributed by atoms with Crippen molar-refractivity contribution in [2.24, 2.45) is 5.10 Å². The molecule has 2 amide bonds. The number of hydrazone groups is 1. The molecule has 0 aliphatic heterocycles. The van der Waals surface area contributed by atoms with Gasteiger partial charge in [0.2, 0.25) is 0 Å². The average molecular weight is 615 g/mol. The van der Waals surface area contributed by atoms with Crippen molar-refractivity contribution in [1.82, 2.24) is 15.2 Å². The highest BCUT2D eigenvalue weighted by Crippen LogP contribution is 2.25. The molecule has 0 spiro atoms. The van der Waals surface area contributed by atoms with Crippen molar-refractivity contribution in [3.05, 3.63) is 89.0 Å². The fourth-order valence-corrected chi connectivity index (χ4v) is 5.10. The Hall–Kier alpha value is -4.21. The number of anilines is 2. The molecule has 3 aromatic carbocycles. The van der Waals surface area contributed by atoms with E-state index in [1.807, 2.05) is 54.6 Å². The molecular formula is C36H50N6O3. The number of hydrogen-bond donors (Lipinski definition) is 2. The third kappa shape index (κ3) is 11.0. The molecule has 0 aromatic heterocycles. The molecule has 0 heterocycles. The molecule has 0 atom stereocenters. The highest BCUT2D eigenvalue weighted by Gasteiger charge is 2.18. The van der Waals surface area contributed by atoms with E-state index in [1.54, 1.807) is 25.5 Å². The van der Waals surface area contributed by atoms with Gasteiger partial charge in [-0.3, -0.25) is 9.59 Å². The summed E-state index contributed by atoms with van der Waals surface area (Å²) in [7, 11) is 3.71. The summed E-state index contributed by atoms with van der Waals surface area (Å²) in [5.74, 6) is 0.0588. The quantitative estimate of drug-likeness (QED) is 0.133. The second-order valence-electron chi connectivity index (χ2n) is 11.1. The molecule has 0 saturated carbocycles. The van der Waals surface area contributed by atoms with Crippen LogP contribution in [0.5, 0.6) is 5.75 Å². The van der Waals surface area contributed by atoms with Gasteiger partial charge in [-0.1, -0.05) is 39.8 Å². The van der Waals surface area contributed by atoms with Gasteiger partial charge >= 0.3 is 0 Å². The molecule has 3 aromatic rings. The predicted molar refractivity (Wildman–Crippen MR) is 186 cm³/mol. The molecule has 242 valence electrons. The number of rotatable bonds is 18. The van der Waals surface area contributed by atoms with E-state index in [9.17, 15) is 9.59 Å². The lowest BCUT2D eigenvalue weighted by atomic mass is 10.1. The molecular weight excluding hydrogens is 564 g/mol. The Balaban J connectivity index is 1.80. The lowest BCUT2D eigenvalue weighted by molar-refractivity contribution is 0.0956. The number of benzene rings is 3. The van der Waals surface area contributed by atoms with Crippen LogP contribution < -0.4 is 20.4 Å². The molecule has 0 aliphatic rings. The first kappa shape index (κ1) is 35.3. The van der Waals surface area contributed by atoms with Crippen LogP contribution in [0.1, 0.15) is 72.4 Å². The third-order valence-corrected chi connectivity index (χ3v) is 7.68. The van der Waals surface area contributed by atoms with Crippen LogP contribution in [0.25, 0.3) is 0 Å². The van der Waals surface area contributed by atoms with Crippen LogP contribution in [0, 0.1) is 0 Å². The zero-order chi connectivity index (χ0) is 32.6. The molecule has 0 radical (unpaired) electrons. The van der Waals surface area contributed by atoms with Crippen molar-refractivity contribution in [2.45, 2.75) is 47.1 Å². The molecule has 45 heavy (non-hydrogen) atoms. The third-order valence-electron chi connectivity index (χ3n) is 7.68. The summed E-state index contributed by atoms with van der Waals surface area (Å²) in [5.41, 5.74) is 6.74. The fraction of sp³-hybridized carbons (Fsp3) is 0.417. The van der Waals surface area contributed by atoms with Gasteiger partial charge in [0, 0.05) is 44.0 Å². The minimum atomic E-state index is -0.409. The summed E-state index contributed by atoms with van der Waals surface area (Å²) in [6, 6.07) is 20.6. The largest absolute Gasteiger partial charge is 0.497 e. The van der Waals surface area contributed by atoms with Gasteiger partial charge in [-0.05, 0) is 98.7 Å². The van der Waals surface area contributed by atoms with E-state index in [2.05, 4.69) is 65.3 Å². The Morgan fingerprint density at radius 1 is 0.844 bits per heavy atom. The second kappa shape index (κ2) is 18.6. The maximum atomic E-state index is 13.5. The first-order valence-electron chi connectivity index (χ1n) is 16.0. The van der Waals surface area contributed by atoms with E-state index >= 15 is 0 Å². The van der Waals surface area contributed by atoms with E-state index in [1.165, 1.54) is 0 Å². The standard InChI is InChI=1S/C36H50N6O3/c1-7-20-42(21-8-2)31-16-19-34(33(25-31)36(44)39-37-26-28-14-17-32(45-6)18-15-28)38-35(43)30-13-11-12-29(24-30)27-40(5)22-23-41(9-3)10-4/h11-19,24-26H,7-10,20-23,27H2,1-6H3,(H,38,43)(H,39,44). The minimum Gasteiger partial charge on any atom is -0.497 e. The van der Waals surface area contributed by atoms with Crippen LogP contribution in [0.3, 0.4) is 0 Å². The van der Waals surface area contributed by atoms with Gasteiger partial charge < -0.3 is 24.8 Å². The van der Waals surface area contributed by atoms with E-state index in [0.29, 0.717) is 16.8 Å². The topological polar surface area (TPSA) is 89.5 Å². The van der Waals surface area contributed by atoms with Crippen LogP contribution in [0.2, 0.25) is 0 Å². The SMILES string of the molecule is CCCN(CCC)c1ccc(NC(=O)c2cccc(CN(C)CCN(CC)CC)c2)c(C(=O)NN=Cc2ccc(OC)cc2)c1. The number of amides is 2. The van der Waals surface area contributed by atoms with E-state index in [0.717, 1.165) is 81.2 Å². The Bertz CT molecular complexity index is 1380. The highest BCUT2D eigenvalue weighted by atomic mass is 16.5.